The molecule has 1 aromatic rings. The number of ether oxygens (including phenoxy) is 2. The number of halogens is 1. The van der Waals surface area contributed by atoms with E-state index in [1.54, 1.807) is 6.07 Å². The monoisotopic (exact) mass is 363 g/mol. The maximum atomic E-state index is 13.6. The van der Waals surface area contributed by atoms with Gasteiger partial charge < -0.3 is 14.4 Å². The first-order chi connectivity index (χ1) is 12.3. The Morgan fingerprint density at radius 1 is 1.19 bits per heavy atom. The van der Waals surface area contributed by atoms with E-state index in [9.17, 15) is 9.18 Å². The lowest BCUT2D eigenvalue weighted by molar-refractivity contribution is -0.0347. The smallest absolute Gasteiger partial charge is 0.410 e. The fourth-order valence-corrected chi connectivity index (χ4v) is 4.09. The van der Waals surface area contributed by atoms with Crippen LogP contribution in [0.4, 0.5) is 9.18 Å². The quantitative estimate of drug-likeness (QED) is 0.712. The summed E-state index contributed by atoms with van der Waals surface area (Å²) in [7, 11) is 0. The average molecular weight is 363 g/mol. The van der Waals surface area contributed by atoms with Gasteiger partial charge in [-0.2, -0.15) is 0 Å². The number of carbonyl (C=O) groups excluding carboxylic acids is 1. The Kier molecular flexibility index (Phi) is 5.86. The topological polar surface area (TPSA) is 38.8 Å². The van der Waals surface area contributed by atoms with Crippen LogP contribution < -0.4 is 0 Å². The Labute approximate surface area is 155 Å². The number of hydrogen-bond acceptors (Lipinski definition) is 3. The second kappa shape index (κ2) is 7.95. The molecule has 0 unspecified atom stereocenters. The molecule has 0 spiro atoms. The van der Waals surface area contributed by atoms with Crippen LogP contribution in [0.15, 0.2) is 24.3 Å². The SMILES string of the molecule is CC(C)(C)OC(=O)N1[C@@H]2CC[C@H]1C[C@@H](OCCCc1ccccc1F)C2. The first-order valence-corrected chi connectivity index (χ1v) is 9.70. The first-order valence-electron chi connectivity index (χ1n) is 9.70. The second-order valence-corrected chi connectivity index (χ2v) is 8.43. The molecule has 4 nitrogen and oxygen atoms in total. The first kappa shape index (κ1) is 19.2. The number of aryl methyl sites for hydroxylation is 1. The van der Waals surface area contributed by atoms with Gasteiger partial charge in [0.15, 0.2) is 0 Å². The summed E-state index contributed by atoms with van der Waals surface area (Å²) in [6.45, 7) is 6.33. The van der Waals surface area contributed by atoms with Gasteiger partial charge in [-0.05, 0) is 70.9 Å². The van der Waals surface area contributed by atoms with Crippen LogP contribution in [0.3, 0.4) is 0 Å². The van der Waals surface area contributed by atoms with Crippen molar-refractivity contribution < 1.29 is 18.7 Å². The second-order valence-electron chi connectivity index (χ2n) is 8.43. The van der Waals surface area contributed by atoms with Crippen LogP contribution in [0.2, 0.25) is 0 Å². The highest BCUT2D eigenvalue weighted by Crippen LogP contribution is 2.37. The number of amides is 1. The van der Waals surface area contributed by atoms with E-state index in [0.29, 0.717) is 13.0 Å². The third-order valence-electron chi connectivity index (χ3n) is 5.20. The minimum atomic E-state index is -0.462. The van der Waals surface area contributed by atoms with Crippen LogP contribution >= 0.6 is 0 Å². The van der Waals surface area contributed by atoms with Crippen molar-refractivity contribution in [1.29, 1.82) is 0 Å². The predicted octanol–water partition coefficient (Wildman–Crippen LogP) is 4.71. The fraction of sp³-hybridized carbons (Fsp3) is 0.667. The molecule has 2 heterocycles. The standard InChI is InChI=1S/C21H30FNO3/c1-21(2,3)26-20(24)23-16-10-11-17(23)14-18(13-16)25-12-6-8-15-7-4-5-9-19(15)22/h4-5,7,9,16-18H,6,8,10-14H2,1-3H3/t16-,17+,18+. The van der Waals surface area contributed by atoms with Crippen LogP contribution in [0, 0.1) is 5.82 Å². The summed E-state index contributed by atoms with van der Waals surface area (Å²) in [4.78, 5) is 14.4. The number of piperidine rings is 1. The van der Waals surface area contributed by atoms with E-state index in [2.05, 4.69) is 0 Å². The van der Waals surface area contributed by atoms with Gasteiger partial charge in [0.2, 0.25) is 0 Å². The third kappa shape index (κ3) is 4.76. The lowest BCUT2D eigenvalue weighted by Gasteiger charge is -2.39. The Morgan fingerprint density at radius 2 is 1.85 bits per heavy atom. The van der Waals surface area contributed by atoms with E-state index in [1.807, 2.05) is 37.8 Å². The maximum absolute atomic E-state index is 13.6. The normalized spacial score (nSPS) is 25.4. The number of hydrogen-bond donors (Lipinski definition) is 0. The number of nitrogens with zero attached hydrogens (tertiary/aromatic N) is 1. The summed E-state index contributed by atoms with van der Waals surface area (Å²) >= 11 is 0. The minimum absolute atomic E-state index is 0.142. The molecule has 5 heteroatoms. The van der Waals surface area contributed by atoms with Gasteiger partial charge in [0.05, 0.1) is 6.10 Å². The molecule has 2 aliphatic rings. The molecule has 144 valence electrons. The van der Waals surface area contributed by atoms with Gasteiger partial charge in [-0.25, -0.2) is 9.18 Å². The molecule has 1 aromatic carbocycles. The van der Waals surface area contributed by atoms with Crippen LogP contribution in [-0.4, -0.2) is 41.4 Å². The number of carbonyl (C=O) groups is 1. The van der Waals surface area contributed by atoms with E-state index < -0.39 is 5.60 Å². The highest BCUT2D eigenvalue weighted by Gasteiger charge is 2.45. The van der Waals surface area contributed by atoms with Crippen LogP contribution in [0.1, 0.15) is 58.4 Å². The Bertz CT molecular complexity index is 614. The van der Waals surface area contributed by atoms with Gasteiger partial charge in [0.1, 0.15) is 11.4 Å². The van der Waals surface area contributed by atoms with Crippen molar-refractivity contribution in [1.82, 2.24) is 4.90 Å². The van der Waals surface area contributed by atoms with Gasteiger partial charge in [-0.3, -0.25) is 0 Å². The Morgan fingerprint density at radius 3 is 2.46 bits per heavy atom. The molecule has 0 aromatic heterocycles. The van der Waals surface area contributed by atoms with E-state index >= 15 is 0 Å². The van der Waals surface area contributed by atoms with Gasteiger partial charge in [-0.15, -0.1) is 0 Å². The molecule has 0 N–H and O–H groups in total. The summed E-state index contributed by atoms with van der Waals surface area (Å²) in [5.74, 6) is -0.142. The largest absolute Gasteiger partial charge is 0.444 e. The molecule has 0 saturated carbocycles. The lowest BCUT2D eigenvalue weighted by atomic mass is 10.00. The van der Waals surface area contributed by atoms with Crippen molar-refractivity contribution in [3.8, 4) is 0 Å². The number of benzene rings is 1. The number of fused-ring (bicyclic) bond motifs is 2. The van der Waals surface area contributed by atoms with E-state index in [1.165, 1.54) is 6.07 Å². The zero-order chi connectivity index (χ0) is 18.7. The summed E-state index contributed by atoms with van der Waals surface area (Å²) in [5.41, 5.74) is 0.284. The van der Waals surface area contributed by atoms with Crippen molar-refractivity contribution in [3.63, 3.8) is 0 Å². The van der Waals surface area contributed by atoms with Crippen LogP contribution in [0.5, 0.6) is 0 Å². The van der Waals surface area contributed by atoms with E-state index in [4.69, 9.17) is 9.47 Å². The van der Waals surface area contributed by atoms with Crippen molar-refractivity contribution in [2.45, 2.75) is 83.1 Å². The molecule has 3 rings (SSSR count). The lowest BCUT2D eigenvalue weighted by Crippen LogP contribution is -2.50. The molecule has 2 saturated heterocycles. The highest BCUT2D eigenvalue weighted by molar-refractivity contribution is 5.69. The summed E-state index contributed by atoms with van der Waals surface area (Å²) in [6.07, 6.45) is 5.29. The van der Waals surface area contributed by atoms with Crippen molar-refractivity contribution in [2.24, 2.45) is 0 Å². The molecule has 2 bridgehead atoms. The van der Waals surface area contributed by atoms with E-state index in [-0.39, 0.29) is 30.1 Å². The van der Waals surface area contributed by atoms with Gasteiger partial charge >= 0.3 is 6.09 Å². The maximum Gasteiger partial charge on any atom is 0.410 e. The third-order valence-corrected chi connectivity index (χ3v) is 5.20. The fourth-order valence-electron chi connectivity index (χ4n) is 4.09. The van der Waals surface area contributed by atoms with Crippen molar-refractivity contribution >= 4 is 6.09 Å². The molecule has 2 fully saturated rings. The zero-order valence-electron chi connectivity index (χ0n) is 16.0. The van der Waals surface area contributed by atoms with Crippen LogP contribution in [-0.2, 0) is 15.9 Å². The summed E-state index contributed by atoms with van der Waals surface area (Å²) in [6, 6.07) is 7.35. The van der Waals surface area contributed by atoms with Gasteiger partial charge in [-0.1, -0.05) is 18.2 Å². The zero-order valence-corrected chi connectivity index (χ0v) is 16.0. The Balaban J connectivity index is 1.44. The minimum Gasteiger partial charge on any atom is -0.444 e. The summed E-state index contributed by atoms with van der Waals surface area (Å²) < 4.78 is 25.2. The number of rotatable bonds is 5. The molecular weight excluding hydrogens is 333 g/mol. The molecule has 3 atom stereocenters. The van der Waals surface area contributed by atoms with E-state index in [0.717, 1.165) is 37.7 Å². The summed E-state index contributed by atoms with van der Waals surface area (Å²) in [5, 5.41) is 0. The highest BCUT2D eigenvalue weighted by atomic mass is 19.1. The van der Waals surface area contributed by atoms with Crippen LogP contribution in [0.25, 0.3) is 0 Å². The molecule has 26 heavy (non-hydrogen) atoms. The van der Waals surface area contributed by atoms with Gasteiger partial charge in [0.25, 0.3) is 0 Å². The molecular formula is C21H30FNO3. The molecule has 1 amide bonds. The van der Waals surface area contributed by atoms with Crippen molar-refractivity contribution in [2.75, 3.05) is 6.61 Å². The van der Waals surface area contributed by atoms with Gasteiger partial charge in [0, 0.05) is 18.7 Å². The Hall–Kier alpha value is -1.62. The van der Waals surface area contributed by atoms with Crippen molar-refractivity contribution in [3.05, 3.63) is 35.6 Å². The molecule has 0 aliphatic carbocycles. The average Bonchev–Trinajstić information content (AvgIpc) is 2.83. The molecule has 0 radical (unpaired) electrons. The molecule has 2 aliphatic heterocycles. The predicted molar refractivity (Wildman–Crippen MR) is 98.6 cm³/mol.